The Kier molecular flexibility index (Phi) is 11.0. The first-order chi connectivity index (χ1) is 9.83. The predicted octanol–water partition coefficient (Wildman–Crippen LogP) is 5.93. The van der Waals surface area contributed by atoms with E-state index in [-0.39, 0.29) is 0 Å². The highest BCUT2D eigenvalue weighted by Gasteiger charge is 2.03. The summed E-state index contributed by atoms with van der Waals surface area (Å²) in [6, 6.07) is 4.80. The summed E-state index contributed by atoms with van der Waals surface area (Å²) in [5.41, 5.74) is 6.20. The Labute approximate surface area is 130 Å². The predicted molar refractivity (Wildman–Crippen MR) is 92.5 cm³/mol. The second kappa shape index (κ2) is 12.4. The zero-order valence-corrected chi connectivity index (χ0v) is 14.1. The van der Waals surface area contributed by atoms with Crippen LogP contribution in [0, 0.1) is 0 Å². The van der Waals surface area contributed by atoms with Crippen LogP contribution >= 0.6 is 11.3 Å². The average molecular weight is 296 g/mol. The van der Waals surface area contributed by atoms with E-state index in [0.29, 0.717) is 6.04 Å². The molecule has 0 fully saturated rings. The minimum Gasteiger partial charge on any atom is -0.328 e. The van der Waals surface area contributed by atoms with Crippen LogP contribution < -0.4 is 5.73 Å². The first kappa shape index (κ1) is 17.7. The minimum atomic E-state index is 0.426. The van der Waals surface area contributed by atoms with Crippen LogP contribution in [0.5, 0.6) is 0 Å². The Morgan fingerprint density at radius 2 is 1.60 bits per heavy atom. The molecule has 0 aliphatic rings. The molecule has 0 aromatic carbocycles. The first-order valence-electron chi connectivity index (χ1n) is 8.61. The summed E-state index contributed by atoms with van der Waals surface area (Å²) >= 11 is 1.87. The first-order valence-corrected chi connectivity index (χ1v) is 9.49. The molecule has 1 heterocycles. The van der Waals surface area contributed by atoms with Gasteiger partial charge in [-0.3, -0.25) is 0 Å². The van der Waals surface area contributed by atoms with E-state index in [1.165, 1.54) is 81.9 Å². The van der Waals surface area contributed by atoms with Gasteiger partial charge in [-0.2, -0.15) is 0 Å². The van der Waals surface area contributed by atoms with Crippen molar-refractivity contribution in [3.8, 4) is 0 Å². The van der Waals surface area contributed by atoms with E-state index < -0.39 is 0 Å². The summed E-state index contributed by atoms with van der Waals surface area (Å²) in [7, 11) is 0. The Balaban J connectivity index is 1.84. The van der Waals surface area contributed by atoms with E-state index in [4.69, 9.17) is 5.73 Å². The SMILES string of the molecule is CCCCCCCCCCC(N)CCCc1cccs1. The number of aryl methyl sites for hydroxylation is 1. The lowest BCUT2D eigenvalue weighted by atomic mass is 10.0. The third-order valence-electron chi connectivity index (χ3n) is 4.01. The normalized spacial score (nSPS) is 12.7. The van der Waals surface area contributed by atoms with Gasteiger partial charge in [-0.1, -0.05) is 64.4 Å². The Morgan fingerprint density at radius 3 is 2.25 bits per heavy atom. The van der Waals surface area contributed by atoms with Crippen molar-refractivity contribution in [2.24, 2.45) is 5.73 Å². The van der Waals surface area contributed by atoms with E-state index in [9.17, 15) is 0 Å². The Hall–Kier alpha value is -0.340. The van der Waals surface area contributed by atoms with Gasteiger partial charge < -0.3 is 5.73 Å². The van der Waals surface area contributed by atoms with Gasteiger partial charge >= 0.3 is 0 Å². The van der Waals surface area contributed by atoms with Gasteiger partial charge in [0.15, 0.2) is 0 Å². The molecule has 116 valence electrons. The van der Waals surface area contributed by atoms with Crippen molar-refractivity contribution in [2.45, 2.75) is 90.0 Å². The molecule has 0 aliphatic carbocycles. The van der Waals surface area contributed by atoms with E-state index >= 15 is 0 Å². The molecular formula is C18H33NS. The second-order valence-corrected chi connectivity index (χ2v) is 7.03. The summed E-state index contributed by atoms with van der Waals surface area (Å²) in [5, 5.41) is 2.16. The number of rotatable bonds is 13. The summed E-state index contributed by atoms with van der Waals surface area (Å²) < 4.78 is 0. The van der Waals surface area contributed by atoms with Gasteiger partial charge in [0.1, 0.15) is 0 Å². The maximum absolute atomic E-state index is 6.20. The highest BCUT2D eigenvalue weighted by molar-refractivity contribution is 7.09. The minimum absolute atomic E-state index is 0.426. The van der Waals surface area contributed by atoms with Crippen LogP contribution in [-0.4, -0.2) is 6.04 Å². The second-order valence-electron chi connectivity index (χ2n) is 6.00. The topological polar surface area (TPSA) is 26.0 Å². The maximum atomic E-state index is 6.20. The highest BCUT2D eigenvalue weighted by atomic mass is 32.1. The molecule has 1 nitrogen and oxygen atoms in total. The summed E-state index contributed by atoms with van der Waals surface area (Å²) in [6.07, 6.45) is 16.0. The number of hydrogen-bond acceptors (Lipinski definition) is 2. The molecule has 0 spiro atoms. The van der Waals surface area contributed by atoms with Gasteiger partial charge in [-0.05, 0) is 37.1 Å². The van der Waals surface area contributed by atoms with Gasteiger partial charge in [0.2, 0.25) is 0 Å². The van der Waals surface area contributed by atoms with E-state index in [2.05, 4.69) is 24.4 Å². The standard InChI is InChI=1S/C18H33NS/c1-2-3-4-5-6-7-8-9-12-17(19)13-10-14-18-15-11-16-20-18/h11,15-17H,2-10,12-14,19H2,1H3. The van der Waals surface area contributed by atoms with Crippen molar-refractivity contribution in [1.29, 1.82) is 0 Å². The molecular weight excluding hydrogens is 262 g/mol. The lowest BCUT2D eigenvalue weighted by Crippen LogP contribution is -2.19. The fourth-order valence-corrected chi connectivity index (χ4v) is 3.43. The van der Waals surface area contributed by atoms with Crippen molar-refractivity contribution >= 4 is 11.3 Å². The number of nitrogens with two attached hydrogens (primary N) is 1. The fraction of sp³-hybridized carbons (Fsp3) is 0.778. The van der Waals surface area contributed by atoms with Crippen LogP contribution in [0.3, 0.4) is 0 Å². The zero-order chi connectivity index (χ0) is 14.5. The molecule has 0 amide bonds. The molecule has 1 atom stereocenters. The fourth-order valence-electron chi connectivity index (χ4n) is 2.68. The number of unbranched alkanes of at least 4 members (excludes halogenated alkanes) is 7. The Bertz CT molecular complexity index is 294. The molecule has 2 N–H and O–H groups in total. The van der Waals surface area contributed by atoms with Gasteiger partial charge in [0.25, 0.3) is 0 Å². The molecule has 0 bridgehead atoms. The van der Waals surface area contributed by atoms with Crippen LogP contribution in [0.2, 0.25) is 0 Å². The molecule has 1 unspecified atom stereocenters. The monoisotopic (exact) mass is 295 g/mol. The Morgan fingerprint density at radius 1 is 0.950 bits per heavy atom. The highest BCUT2D eigenvalue weighted by Crippen LogP contribution is 2.15. The third-order valence-corrected chi connectivity index (χ3v) is 4.94. The van der Waals surface area contributed by atoms with Crippen LogP contribution in [0.4, 0.5) is 0 Å². The number of thiophene rings is 1. The smallest absolute Gasteiger partial charge is 0.00452 e. The van der Waals surface area contributed by atoms with Gasteiger partial charge in [-0.15, -0.1) is 11.3 Å². The van der Waals surface area contributed by atoms with E-state index in [1.807, 2.05) is 11.3 Å². The lowest BCUT2D eigenvalue weighted by Gasteiger charge is -2.10. The third kappa shape index (κ3) is 9.55. The molecule has 1 rings (SSSR count). The molecule has 1 aromatic rings. The summed E-state index contributed by atoms with van der Waals surface area (Å²) in [4.78, 5) is 1.50. The van der Waals surface area contributed by atoms with Gasteiger partial charge in [-0.25, -0.2) is 0 Å². The number of hydrogen-bond donors (Lipinski definition) is 1. The van der Waals surface area contributed by atoms with E-state index in [0.717, 1.165) is 0 Å². The lowest BCUT2D eigenvalue weighted by molar-refractivity contribution is 0.498. The summed E-state index contributed by atoms with van der Waals surface area (Å²) in [5.74, 6) is 0. The van der Waals surface area contributed by atoms with E-state index in [1.54, 1.807) is 0 Å². The van der Waals surface area contributed by atoms with Gasteiger partial charge in [0, 0.05) is 10.9 Å². The van der Waals surface area contributed by atoms with Crippen molar-refractivity contribution in [2.75, 3.05) is 0 Å². The zero-order valence-electron chi connectivity index (χ0n) is 13.3. The van der Waals surface area contributed by atoms with Crippen LogP contribution in [-0.2, 0) is 6.42 Å². The molecule has 0 saturated heterocycles. The van der Waals surface area contributed by atoms with Crippen molar-refractivity contribution in [3.63, 3.8) is 0 Å². The molecule has 2 heteroatoms. The molecule has 0 aliphatic heterocycles. The quantitative estimate of drug-likeness (QED) is 0.448. The molecule has 0 saturated carbocycles. The summed E-state index contributed by atoms with van der Waals surface area (Å²) in [6.45, 7) is 2.28. The van der Waals surface area contributed by atoms with Crippen molar-refractivity contribution in [3.05, 3.63) is 22.4 Å². The van der Waals surface area contributed by atoms with Crippen LogP contribution in [0.25, 0.3) is 0 Å². The molecule has 1 aromatic heterocycles. The molecule has 20 heavy (non-hydrogen) atoms. The van der Waals surface area contributed by atoms with Crippen LogP contribution in [0.15, 0.2) is 17.5 Å². The van der Waals surface area contributed by atoms with Crippen LogP contribution in [0.1, 0.15) is 82.4 Å². The average Bonchev–Trinajstić information content (AvgIpc) is 2.95. The van der Waals surface area contributed by atoms with Crippen molar-refractivity contribution < 1.29 is 0 Å². The van der Waals surface area contributed by atoms with Crippen molar-refractivity contribution in [1.82, 2.24) is 0 Å². The van der Waals surface area contributed by atoms with Gasteiger partial charge in [0.05, 0.1) is 0 Å². The largest absolute Gasteiger partial charge is 0.328 e. The molecule has 0 radical (unpaired) electrons. The maximum Gasteiger partial charge on any atom is 0.00452 e.